The highest BCUT2D eigenvalue weighted by molar-refractivity contribution is 7.81. The molecule has 0 aromatic heterocycles. The lowest BCUT2D eigenvalue weighted by Gasteiger charge is -2.10. The molecule has 1 unspecified atom stereocenters. The van der Waals surface area contributed by atoms with Gasteiger partial charge in [-0.15, -0.1) is 0 Å². The summed E-state index contributed by atoms with van der Waals surface area (Å²) >= 11 is 3.90. The number of aliphatic carboxylic acids is 1. The highest BCUT2D eigenvalue weighted by Crippen LogP contribution is 2.26. The summed E-state index contributed by atoms with van der Waals surface area (Å²) in [5, 5.41) is 17.9. The van der Waals surface area contributed by atoms with Crippen LogP contribution in [0.2, 0.25) is 0 Å². The zero-order valence-electron chi connectivity index (χ0n) is 12.2. The van der Waals surface area contributed by atoms with Crippen molar-refractivity contribution in [2.75, 3.05) is 6.61 Å². The Morgan fingerprint density at radius 2 is 1.83 bits per heavy atom. The summed E-state index contributed by atoms with van der Waals surface area (Å²) in [6.45, 7) is 0.145. The maximum atomic E-state index is 12.3. The predicted octanol–water partition coefficient (Wildman–Crippen LogP) is 2.78. The fourth-order valence-corrected chi connectivity index (χ4v) is 2.06. The standard InChI is InChI=1S/C17H16O5S/c18-14-10-12(22-9-8-15(23)17(20)21)6-7-13(14)16(19)11-4-2-1-3-5-11/h1-7,10,15,18,23H,8-9H2,(H,20,21). The Morgan fingerprint density at radius 3 is 2.43 bits per heavy atom. The molecule has 2 aromatic carbocycles. The first kappa shape index (κ1) is 16.9. The Labute approximate surface area is 138 Å². The van der Waals surface area contributed by atoms with E-state index >= 15 is 0 Å². The molecule has 6 heteroatoms. The molecule has 2 rings (SSSR count). The lowest BCUT2D eigenvalue weighted by Crippen LogP contribution is -2.16. The molecule has 0 aliphatic heterocycles. The van der Waals surface area contributed by atoms with E-state index in [1.54, 1.807) is 36.4 Å². The fourth-order valence-electron chi connectivity index (χ4n) is 1.95. The third kappa shape index (κ3) is 4.50. The number of ether oxygens (including phenoxy) is 1. The molecular formula is C17H16O5S. The van der Waals surface area contributed by atoms with E-state index in [2.05, 4.69) is 12.6 Å². The van der Waals surface area contributed by atoms with Crippen molar-refractivity contribution in [1.82, 2.24) is 0 Å². The Bertz CT molecular complexity index is 699. The highest BCUT2D eigenvalue weighted by Gasteiger charge is 2.15. The van der Waals surface area contributed by atoms with Crippen molar-refractivity contribution >= 4 is 24.4 Å². The summed E-state index contributed by atoms with van der Waals surface area (Å²) in [6.07, 6.45) is 0.226. The Balaban J connectivity index is 2.03. The maximum Gasteiger partial charge on any atom is 0.316 e. The molecule has 0 saturated heterocycles. The van der Waals surface area contributed by atoms with Crippen LogP contribution in [0.15, 0.2) is 48.5 Å². The zero-order chi connectivity index (χ0) is 16.8. The third-order valence-electron chi connectivity index (χ3n) is 3.19. The number of hydrogen-bond acceptors (Lipinski definition) is 5. The average molecular weight is 332 g/mol. The van der Waals surface area contributed by atoms with Crippen LogP contribution in [0, 0.1) is 0 Å². The molecule has 23 heavy (non-hydrogen) atoms. The summed E-state index contributed by atoms with van der Waals surface area (Å²) in [5.74, 6) is -1.12. The zero-order valence-corrected chi connectivity index (χ0v) is 13.1. The van der Waals surface area contributed by atoms with Gasteiger partial charge in [0.15, 0.2) is 5.78 Å². The van der Waals surface area contributed by atoms with Gasteiger partial charge < -0.3 is 14.9 Å². The van der Waals surface area contributed by atoms with Crippen LogP contribution in [0.25, 0.3) is 0 Å². The molecule has 0 bridgehead atoms. The van der Waals surface area contributed by atoms with Gasteiger partial charge in [-0.3, -0.25) is 9.59 Å². The van der Waals surface area contributed by atoms with E-state index in [4.69, 9.17) is 9.84 Å². The van der Waals surface area contributed by atoms with Gasteiger partial charge in [-0.05, 0) is 12.1 Å². The van der Waals surface area contributed by atoms with Gasteiger partial charge in [0.25, 0.3) is 0 Å². The molecule has 2 N–H and O–H groups in total. The van der Waals surface area contributed by atoms with Crippen molar-refractivity contribution in [3.05, 3.63) is 59.7 Å². The van der Waals surface area contributed by atoms with Crippen molar-refractivity contribution < 1.29 is 24.5 Å². The van der Waals surface area contributed by atoms with Gasteiger partial charge in [0.2, 0.25) is 0 Å². The molecular weight excluding hydrogens is 316 g/mol. The molecule has 1 atom stereocenters. The average Bonchev–Trinajstić information content (AvgIpc) is 2.55. The quantitative estimate of drug-likeness (QED) is 0.536. The van der Waals surface area contributed by atoms with Crippen molar-refractivity contribution in [3.63, 3.8) is 0 Å². The summed E-state index contributed by atoms with van der Waals surface area (Å²) in [4.78, 5) is 22.9. The SMILES string of the molecule is O=C(c1ccccc1)c1ccc(OCCC(S)C(=O)O)cc1O. The lowest BCUT2D eigenvalue weighted by atomic mass is 10.0. The number of carboxylic acids is 1. The maximum absolute atomic E-state index is 12.3. The molecule has 0 heterocycles. The number of carbonyl (C=O) groups excluding carboxylic acids is 1. The third-order valence-corrected chi connectivity index (χ3v) is 3.67. The van der Waals surface area contributed by atoms with Crippen molar-refractivity contribution in [3.8, 4) is 11.5 Å². The van der Waals surface area contributed by atoms with Gasteiger partial charge in [0.1, 0.15) is 16.7 Å². The van der Waals surface area contributed by atoms with E-state index in [1.165, 1.54) is 12.1 Å². The van der Waals surface area contributed by atoms with Gasteiger partial charge in [0, 0.05) is 18.1 Å². The van der Waals surface area contributed by atoms with Crippen LogP contribution in [0.4, 0.5) is 0 Å². The van der Waals surface area contributed by atoms with Crippen LogP contribution >= 0.6 is 12.6 Å². The second-order valence-corrected chi connectivity index (χ2v) is 5.49. The van der Waals surface area contributed by atoms with E-state index in [1.807, 2.05) is 0 Å². The Hall–Kier alpha value is -2.47. The number of carboxylic acid groups (broad SMARTS) is 1. The predicted molar refractivity (Wildman–Crippen MR) is 88.5 cm³/mol. The minimum absolute atomic E-state index is 0.145. The molecule has 0 amide bonds. The first-order valence-corrected chi connectivity index (χ1v) is 7.47. The minimum Gasteiger partial charge on any atom is -0.507 e. The number of phenolic OH excluding ortho intramolecular Hbond substituents is 1. The van der Waals surface area contributed by atoms with Gasteiger partial charge in [-0.1, -0.05) is 30.3 Å². The smallest absolute Gasteiger partial charge is 0.316 e. The van der Waals surface area contributed by atoms with Gasteiger partial charge in [0.05, 0.1) is 12.2 Å². The fraction of sp³-hybridized carbons (Fsp3) is 0.176. The second-order valence-electron chi connectivity index (χ2n) is 4.87. The minimum atomic E-state index is -1.01. The molecule has 0 fully saturated rings. The van der Waals surface area contributed by atoms with Gasteiger partial charge >= 0.3 is 5.97 Å². The molecule has 120 valence electrons. The number of rotatable bonds is 7. The van der Waals surface area contributed by atoms with Crippen molar-refractivity contribution in [2.45, 2.75) is 11.7 Å². The van der Waals surface area contributed by atoms with Crippen molar-refractivity contribution in [1.29, 1.82) is 0 Å². The largest absolute Gasteiger partial charge is 0.507 e. The number of thiol groups is 1. The summed E-state index contributed by atoms with van der Waals surface area (Å²) in [5.41, 5.74) is 0.664. The molecule has 0 radical (unpaired) electrons. The van der Waals surface area contributed by atoms with E-state index in [0.717, 1.165) is 0 Å². The van der Waals surface area contributed by atoms with Crippen LogP contribution in [-0.2, 0) is 4.79 Å². The molecule has 0 aliphatic rings. The number of hydrogen-bond donors (Lipinski definition) is 3. The molecule has 5 nitrogen and oxygen atoms in total. The Morgan fingerprint density at radius 1 is 1.13 bits per heavy atom. The summed E-state index contributed by atoms with van der Waals surface area (Å²) in [6, 6.07) is 13.0. The van der Waals surface area contributed by atoms with Crippen LogP contribution < -0.4 is 4.74 Å². The lowest BCUT2D eigenvalue weighted by molar-refractivity contribution is -0.136. The molecule has 0 saturated carbocycles. The summed E-state index contributed by atoms with van der Waals surface area (Å²) < 4.78 is 5.36. The van der Waals surface area contributed by atoms with Gasteiger partial charge in [-0.2, -0.15) is 12.6 Å². The van der Waals surface area contributed by atoms with E-state index in [-0.39, 0.29) is 30.1 Å². The first-order chi connectivity index (χ1) is 11.0. The Kier molecular flexibility index (Phi) is 5.65. The van der Waals surface area contributed by atoms with E-state index in [9.17, 15) is 14.7 Å². The van der Waals surface area contributed by atoms with E-state index in [0.29, 0.717) is 11.3 Å². The second kappa shape index (κ2) is 7.69. The first-order valence-electron chi connectivity index (χ1n) is 6.95. The van der Waals surface area contributed by atoms with Gasteiger partial charge in [-0.25, -0.2) is 0 Å². The normalized spacial score (nSPS) is 11.7. The van der Waals surface area contributed by atoms with Crippen molar-refractivity contribution in [2.24, 2.45) is 0 Å². The van der Waals surface area contributed by atoms with Crippen LogP contribution in [0.3, 0.4) is 0 Å². The number of aromatic hydroxyl groups is 1. The number of phenols is 1. The summed E-state index contributed by atoms with van der Waals surface area (Å²) in [7, 11) is 0. The van der Waals surface area contributed by atoms with Crippen LogP contribution in [-0.4, -0.2) is 33.8 Å². The molecule has 0 spiro atoms. The van der Waals surface area contributed by atoms with E-state index < -0.39 is 11.2 Å². The monoisotopic (exact) mass is 332 g/mol. The van der Waals surface area contributed by atoms with Crippen LogP contribution in [0.5, 0.6) is 11.5 Å². The molecule has 0 aliphatic carbocycles. The topological polar surface area (TPSA) is 83.8 Å². The molecule has 2 aromatic rings. The van der Waals surface area contributed by atoms with Crippen LogP contribution in [0.1, 0.15) is 22.3 Å². The number of carbonyl (C=O) groups is 2. The highest BCUT2D eigenvalue weighted by atomic mass is 32.1. The number of benzene rings is 2. The number of ketones is 1.